The summed E-state index contributed by atoms with van der Waals surface area (Å²) in [6, 6.07) is 10.8. The highest BCUT2D eigenvalue weighted by Gasteiger charge is 2.22. The average Bonchev–Trinajstić information content (AvgIpc) is 2.76. The summed E-state index contributed by atoms with van der Waals surface area (Å²) in [5.74, 6) is 0.490. The number of rotatable bonds is 6. The van der Waals surface area contributed by atoms with Gasteiger partial charge in [0.05, 0.1) is 25.1 Å². The van der Waals surface area contributed by atoms with Gasteiger partial charge in [0.2, 0.25) is 0 Å². The number of hydrogen-bond acceptors (Lipinski definition) is 6. The van der Waals surface area contributed by atoms with Crippen LogP contribution in [0.25, 0.3) is 0 Å². The van der Waals surface area contributed by atoms with Crippen LogP contribution in [-0.2, 0) is 4.74 Å². The van der Waals surface area contributed by atoms with E-state index in [1.54, 1.807) is 36.2 Å². The lowest BCUT2D eigenvalue weighted by molar-refractivity contribution is 0.101. The molecule has 8 heteroatoms. The number of nitrogens with zero attached hydrogens (tertiary/aromatic N) is 3. The maximum atomic E-state index is 12.4. The SMILES string of the molecule is CCOC(=O)N1CCN(c2ccc(C(=O)Nc3ccc(OCC)cc3)nc2)CC1. The molecule has 0 radical (unpaired) electrons. The van der Waals surface area contributed by atoms with E-state index in [0.717, 1.165) is 11.4 Å². The van der Waals surface area contributed by atoms with E-state index in [9.17, 15) is 9.59 Å². The highest BCUT2D eigenvalue weighted by atomic mass is 16.6. The molecule has 29 heavy (non-hydrogen) atoms. The van der Waals surface area contributed by atoms with Crippen LogP contribution in [0.3, 0.4) is 0 Å². The number of anilines is 2. The maximum absolute atomic E-state index is 12.4. The van der Waals surface area contributed by atoms with Crippen LogP contribution in [0, 0.1) is 0 Å². The first-order chi connectivity index (χ1) is 14.1. The van der Waals surface area contributed by atoms with E-state index in [1.165, 1.54) is 0 Å². The zero-order chi connectivity index (χ0) is 20.6. The fourth-order valence-electron chi connectivity index (χ4n) is 3.07. The predicted molar refractivity (Wildman–Crippen MR) is 111 cm³/mol. The number of nitrogens with one attached hydrogen (secondary N) is 1. The molecule has 1 aromatic heterocycles. The Kier molecular flexibility index (Phi) is 6.89. The molecule has 1 aliphatic rings. The van der Waals surface area contributed by atoms with Crippen LogP contribution in [-0.4, -0.2) is 61.3 Å². The lowest BCUT2D eigenvalue weighted by atomic mass is 10.2. The largest absolute Gasteiger partial charge is 0.494 e. The Bertz CT molecular complexity index is 816. The van der Waals surface area contributed by atoms with Crippen molar-refractivity contribution in [1.29, 1.82) is 0 Å². The fourth-order valence-corrected chi connectivity index (χ4v) is 3.07. The van der Waals surface area contributed by atoms with Gasteiger partial charge in [-0.05, 0) is 50.2 Å². The van der Waals surface area contributed by atoms with E-state index >= 15 is 0 Å². The minimum atomic E-state index is -0.272. The second-order valence-electron chi connectivity index (χ2n) is 6.49. The fraction of sp³-hybridized carbons (Fsp3) is 0.381. The van der Waals surface area contributed by atoms with E-state index in [2.05, 4.69) is 15.2 Å². The number of carbonyl (C=O) groups is 2. The maximum Gasteiger partial charge on any atom is 0.409 e. The summed E-state index contributed by atoms with van der Waals surface area (Å²) in [6.45, 7) is 7.27. The number of amides is 2. The van der Waals surface area contributed by atoms with E-state index in [1.807, 2.05) is 25.1 Å². The zero-order valence-electron chi connectivity index (χ0n) is 16.8. The van der Waals surface area contributed by atoms with Gasteiger partial charge in [0.1, 0.15) is 11.4 Å². The number of benzene rings is 1. The number of ether oxygens (including phenoxy) is 2. The van der Waals surface area contributed by atoms with Gasteiger partial charge in [0.25, 0.3) is 5.91 Å². The molecule has 1 N–H and O–H groups in total. The smallest absolute Gasteiger partial charge is 0.409 e. The Balaban J connectivity index is 1.54. The van der Waals surface area contributed by atoms with Crippen LogP contribution in [0.1, 0.15) is 24.3 Å². The van der Waals surface area contributed by atoms with Crippen molar-refractivity contribution in [3.63, 3.8) is 0 Å². The molecule has 2 amide bonds. The summed E-state index contributed by atoms with van der Waals surface area (Å²) in [5.41, 5.74) is 1.94. The molecule has 3 rings (SSSR count). The predicted octanol–water partition coefficient (Wildman–Crippen LogP) is 3.01. The third kappa shape index (κ3) is 5.37. The van der Waals surface area contributed by atoms with E-state index < -0.39 is 0 Å². The average molecular weight is 398 g/mol. The second kappa shape index (κ2) is 9.77. The van der Waals surface area contributed by atoms with Crippen LogP contribution >= 0.6 is 0 Å². The molecule has 8 nitrogen and oxygen atoms in total. The number of pyridine rings is 1. The van der Waals surface area contributed by atoms with Gasteiger partial charge >= 0.3 is 6.09 Å². The third-order valence-electron chi connectivity index (χ3n) is 4.57. The lowest BCUT2D eigenvalue weighted by Gasteiger charge is -2.35. The molecule has 1 saturated heterocycles. The Labute approximate surface area is 170 Å². The van der Waals surface area contributed by atoms with Crippen molar-refractivity contribution >= 4 is 23.4 Å². The van der Waals surface area contributed by atoms with Gasteiger partial charge in [-0.25, -0.2) is 9.78 Å². The molecule has 0 unspecified atom stereocenters. The van der Waals surface area contributed by atoms with Crippen molar-refractivity contribution in [2.45, 2.75) is 13.8 Å². The molecule has 1 aliphatic heterocycles. The normalized spacial score (nSPS) is 13.7. The van der Waals surface area contributed by atoms with Gasteiger partial charge in [0.15, 0.2) is 0 Å². The molecule has 0 spiro atoms. The Morgan fingerprint density at radius 3 is 2.31 bits per heavy atom. The topological polar surface area (TPSA) is 84.0 Å². The van der Waals surface area contributed by atoms with E-state index in [0.29, 0.717) is 50.8 Å². The molecule has 2 heterocycles. The van der Waals surface area contributed by atoms with Crippen molar-refractivity contribution in [2.24, 2.45) is 0 Å². The quantitative estimate of drug-likeness (QED) is 0.805. The summed E-state index contributed by atoms with van der Waals surface area (Å²) in [7, 11) is 0. The van der Waals surface area contributed by atoms with Crippen LogP contribution in [0.2, 0.25) is 0 Å². The molecular formula is C21H26N4O4. The first-order valence-corrected chi connectivity index (χ1v) is 9.77. The van der Waals surface area contributed by atoms with Crippen LogP contribution in [0.5, 0.6) is 5.75 Å². The summed E-state index contributed by atoms with van der Waals surface area (Å²) in [4.78, 5) is 32.3. The monoisotopic (exact) mass is 398 g/mol. The Hall–Kier alpha value is -3.29. The standard InChI is InChI=1S/C21H26N4O4/c1-3-28-18-8-5-16(6-9-18)23-20(26)19-10-7-17(15-22-19)24-11-13-25(14-12-24)21(27)29-4-2/h5-10,15H,3-4,11-14H2,1-2H3,(H,23,26). The minimum Gasteiger partial charge on any atom is -0.494 e. The van der Waals surface area contributed by atoms with Crippen LogP contribution < -0.4 is 15.0 Å². The van der Waals surface area contributed by atoms with Crippen molar-refractivity contribution < 1.29 is 19.1 Å². The van der Waals surface area contributed by atoms with Gasteiger partial charge in [-0.1, -0.05) is 0 Å². The number of piperazine rings is 1. The van der Waals surface area contributed by atoms with E-state index in [-0.39, 0.29) is 12.0 Å². The Morgan fingerprint density at radius 2 is 1.72 bits per heavy atom. The molecular weight excluding hydrogens is 372 g/mol. The third-order valence-corrected chi connectivity index (χ3v) is 4.57. The van der Waals surface area contributed by atoms with E-state index in [4.69, 9.17) is 9.47 Å². The summed E-state index contributed by atoms with van der Waals surface area (Å²) in [6.07, 6.45) is 1.42. The molecule has 0 saturated carbocycles. The van der Waals surface area contributed by atoms with Crippen LogP contribution in [0.15, 0.2) is 42.6 Å². The minimum absolute atomic E-state index is 0.271. The molecule has 0 aliphatic carbocycles. The lowest BCUT2D eigenvalue weighted by Crippen LogP contribution is -2.49. The molecule has 0 bridgehead atoms. The van der Waals surface area contributed by atoms with Gasteiger partial charge in [-0.3, -0.25) is 4.79 Å². The molecule has 0 atom stereocenters. The molecule has 2 aromatic rings. The summed E-state index contributed by atoms with van der Waals surface area (Å²) < 4.78 is 10.4. The number of carbonyl (C=O) groups excluding carboxylic acids is 2. The highest BCUT2D eigenvalue weighted by Crippen LogP contribution is 2.18. The molecule has 1 fully saturated rings. The first-order valence-electron chi connectivity index (χ1n) is 9.77. The molecule has 1 aromatic carbocycles. The van der Waals surface area contributed by atoms with Gasteiger partial charge in [-0.15, -0.1) is 0 Å². The second-order valence-corrected chi connectivity index (χ2v) is 6.49. The van der Waals surface area contributed by atoms with Crippen molar-refractivity contribution in [2.75, 3.05) is 49.6 Å². The van der Waals surface area contributed by atoms with Gasteiger partial charge < -0.3 is 24.6 Å². The van der Waals surface area contributed by atoms with Crippen LogP contribution in [0.4, 0.5) is 16.2 Å². The van der Waals surface area contributed by atoms with Crippen molar-refractivity contribution in [1.82, 2.24) is 9.88 Å². The number of hydrogen-bond donors (Lipinski definition) is 1. The van der Waals surface area contributed by atoms with Crippen molar-refractivity contribution in [3.8, 4) is 5.75 Å². The van der Waals surface area contributed by atoms with Gasteiger partial charge in [-0.2, -0.15) is 0 Å². The first kappa shape index (κ1) is 20.4. The Morgan fingerprint density at radius 1 is 1.00 bits per heavy atom. The molecule has 154 valence electrons. The highest BCUT2D eigenvalue weighted by molar-refractivity contribution is 6.02. The van der Waals surface area contributed by atoms with Gasteiger partial charge in [0, 0.05) is 31.9 Å². The summed E-state index contributed by atoms with van der Waals surface area (Å²) in [5, 5.41) is 2.83. The zero-order valence-corrected chi connectivity index (χ0v) is 16.8. The van der Waals surface area contributed by atoms with Crippen molar-refractivity contribution in [3.05, 3.63) is 48.3 Å². The number of aromatic nitrogens is 1. The summed E-state index contributed by atoms with van der Waals surface area (Å²) >= 11 is 0.